The normalized spacial score (nSPS) is 15.7. The van der Waals surface area contributed by atoms with Gasteiger partial charge in [-0.1, -0.05) is 23.7 Å². The number of hydrogen-bond acceptors (Lipinski definition) is 5. The lowest BCUT2D eigenvalue weighted by molar-refractivity contribution is -0.385. The van der Waals surface area contributed by atoms with E-state index >= 15 is 0 Å². The molecule has 1 heterocycles. The molecular weight excluding hydrogens is 430 g/mol. The van der Waals surface area contributed by atoms with E-state index in [-0.39, 0.29) is 40.5 Å². The molecule has 1 aliphatic rings. The molecule has 1 aliphatic heterocycles. The summed E-state index contributed by atoms with van der Waals surface area (Å²) in [5, 5.41) is 13.8. The van der Waals surface area contributed by atoms with E-state index in [2.05, 4.69) is 5.32 Å². The minimum Gasteiger partial charge on any atom is -0.326 e. The average Bonchev–Trinajstić information content (AvgIpc) is 2.70. The van der Waals surface area contributed by atoms with Gasteiger partial charge in [0.05, 0.1) is 9.95 Å². The Bertz CT molecular complexity index is 1100. The first-order valence-electron chi connectivity index (χ1n) is 9.42. The van der Waals surface area contributed by atoms with E-state index in [0.717, 1.165) is 28.9 Å². The molecule has 0 bridgehead atoms. The first kappa shape index (κ1) is 22.2. The van der Waals surface area contributed by atoms with Crippen molar-refractivity contribution < 1.29 is 18.1 Å². The smallest absolute Gasteiger partial charge is 0.270 e. The van der Waals surface area contributed by atoms with E-state index in [1.165, 1.54) is 10.4 Å². The monoisotopic (exact) mass is 451 g/mol. The molecule has 8 nitrogen and oxygen atoms in total. The van der Waals surface area contributed by atoms with Crippen molar-refractivity contribution in [1.29, 1.82) is 0 Å². The molecule has 1 N–H and O–H groups in total. The Morgan fingerprint density at radius 3 is 2.47 bits per heavy atom. The molecule has 0 atom stereocenters. The lowest BCUT2D eigenvalue weighted by Crippen LogP contribution is -2.41. The van der Waals surface area contributed by atoms with Crippen LogP contribution >= 0.6 is 11.6 Å². The predicted octanol–water partition coefficient (Wildman–Crippen LogP) is 3.90. The SMILES string of the molecule is Cc1ccc(C)c(NC(=O)C2CCN(S(=O)(=O)c3cc([N+](=O)[O-])ccc3Cl)CC2)c1. The number of rotatable bonds is 5. The van der Waals surface area contributed by atoms with Crippen molar-refractivity contribution in [3.63, 3.8) is 0 Å². The molecule has 160 valence electrons. The van der Waals surface area contributed by atoms with Gasteiger partial charge in [-0.25, -0.2) is 8.42 Å². The van der Waals surface area contributed by atoms with Gasteiger partial charge >= 0.3 is 0 Å². The summed E-state index contributed by atoms with van der Waals surface area (Å²) < 4.78 is 27.1. The summed E-state index contributed by atoms with van der Waals surface area (Å²) in [5.74, 6) is -0.467. The number of piperidine rings is 1. The van der Waals surface area contributed by atoms with Crippen molar-refractivity contribution in [3.05, 3.63) is 62.7 Å². The molecule has 30 heavy (non-hydrogen) atoms. The highest BCUT2D eigenvalue weighted by atomic mass is 35.5. The Morgan fingerprint density at radius 1 is 1.17 bits per heavy atom. The molecule has 0 radical (unpaired) electrons. The Morgan fingerprint density at radius 2 is 1.83 bits per heavy atom. The molecule has 0 saturated carbocycles. The number of nitrogens with zero attached hydrogens (tertiary/aromatic N) is 2. The van der Waals surface area contributed by atoms with Gasteiger partial charge in [-0.2, -0.15) is 4.31 Å². The average molecular weight is 452 g/mol. The molecule has 1 fully saturated rings. The standard InChI is InChI=1S/C20H22ClN3O5S/c1-13-3-4-14(2)18(11-13)22-20(25)15-7-9-23(10-8-15)30(28,29)19-12-16(24(26)27)5-6-17(19)21/h3-6,11-12,15H,7-10H2,1-2H3,(H,22,25). The quantitative estimate of drug-likeness (QED) is 0.547. The Labute approximate surface area is 180 Å². The van der Waals surface area contributed by atoms with Crippen LogP contribution in [0.3, 0.4) is 0 Å². The highest BCUT2D eigenvalue weighted by molar-refractivity contribution is 7.89. The first-order valence-corrected chi connectivity index (χ1v) is 11.2. The van der Waals surface area contributed by atoms with Gasteiger partial charge in [0, 0.05) is 36.8 Å². The fourth-order valence-electron chi connectivity index (χ4n) is 3.41. The maximum atomic E-state index is 13.0. The molecule has 3 rings (SSSR count). The van der Waals surface area contributed by atoms with Crippen LogP contribution in [0.5, 0.6) is 0 Å². The lowest BCUT2D eigenvalue weighted by atomic mass is 9.97. The zero-order valence-corrected chi connectivity index (χ0v) is 18.2. The molecule has 2 aromatic carbocycles. The first-order chi connectivity index (χ1) is 14.1. The number of sulfonamides is 1. The Hall–Kier alpha value is -2.49. The highest BCUT2D eigenvalue weighted by Crippen LogP contribution is 2.31. The highest BCUT2D eigenvalue weighted by Gasteiger charge is 2.34. The zero-order valence-electron chi connectivity index (χ0n) is 16.6. The topological polar surface area (TPSA) is 110 Å². The van der Waals surface area contributed by atoms with Gasteiger partial charge in [-0.05, 0) is 49.9 Å². The van der Waals surface area contributed by atoms with Gasteiger partial charge in [0.25, 0.3) is 5.69 Å². The van der Waals surface area contributed by atoms with Gasteiger partial charge in [0.15, 0.2) is 0 Å². The maximum Gasteiger partial charge on any atom is 0.270 e. The van der Waals surface area contributed by atoms with Crippen molar-refractivity contribution in [3.8, 4) is 0 Å². The zero-order chi connectivity index (χ0) is 22.1. The summed E-state index contributed by atoms with van der Waals surface area (Å²) in [6.07, 6.45) is 0.699. The summed E-state index contributed by atoms with van der Waals surface area (Å²) in [7, 11) is -4.00. The Balaban J connectivity index is 1.70. The minimum absolute atomic E-state index is 0.0737. The van der Waals surface area contributed by atoms with Gasteiger partial charge in [-0.15, -0.1) is 0 Å². The summed E-state index contributed by atoms with van der Waals surface area (Å²) in [4.78, 5) is 22.7. The van der Waals surface area contributed by atoms with Crippen LogP contribution in [-0.4, -0.2) is 36.6 Å². The fraction of sp³-hybridized carbons (Fsp3) is 0.350. The van der Waals surface area contributed by atoms with E-state index in [0.29, 0.717) is 12.8 Å². The van der Waals surface area contributed by atoms with Crippen molar-refractivity contribution in [2.75, 3.05) is 18.4 Å². The van der Waals surface area contributed by atoms with Crippen LogP contribution in [0.25, 0.3) is 0 Å². The number of halogens is 1. The molecule has 0 aliphatic carbocycles. The number of amides is 1. The van der Waals surface area contributed by atoms with Crippen molar-refractivity contribution in [2.24, 2.45) is 5.92 Å². The molecule has 0 unspecified atom stereocenters. The number of nitro benzene ring substituents is 1. The molecule has 0 spiro atoms. The minimum atomic E-state index is -4.00. The van der Waals surface area contributed by atoms with E-state index in [9.17, 15) is 23.3 Å². The van der Waals surface area contributed by atoms with E-state index in [1.54, 1.807) is 0 Å². The van der Waals surface area contributed by atoms with Crippen molar-refractivity contribution >= 4 is 38.9 Å². The van der Waals surface area contributed by atoms with E-state index in [4.69, 9.17) is 11.6 Å². The van der Waals surface area contributed by atoms with Gasteiger partial charge in [-0.3, -0.25) is 14.9 Å². The van der Waals surface area contributed by atoms with Gasteiger partial charge in [0.1, 0.15) is 4.90 Å². The number of nitro groups is 1. The summed E-state index contributed by atoms with van der Waals surface area (Å²) in [5.41, 5.74) is 2.39. The second kappa shape index (κ2) is 8.71. The van der Waals surface area contributed by atoms with Crippen LogP contribution in [-0.2, 0) is 14.8 Å². The fourth-order valence-corrected chi connectivity index (χ4v) is 5.37. The summed E-state index contributed by atoms with van der Waals surface area (Å²) in [6, 6.07) is 9.13. The third-order valence-corrected chi connectivity index (χ3v) is 7.60. The molecule has 0 aromatic heterocycles. The second-order valence-corrected chi connectivity index (χ2v) is 9.67. The van der Waals surface area contributed by atoms with Crippen LogP contribution in [0.4, 0.5) is 11.4 Å². The van der Waals surface area contributed by atoms with Gasteiger partial charge < -0.3 is 5.32 Å². The number of carbonyl (C=O) groups excluding carboxylic acids is 1. The largest absolute Gasteiger partial charge is 0.326 e. The molecule has 2 aromatic rings. The number of anilines is 1. The number of aryl methyl sites for hydroxylation is 2. The molecule has 1 amide bonds. The van der Waals surface area contributed by atoms with E-state index in [1.807, 2.05) is 32.0 Å². The maximum absolute atomic E-state index is 13.0. The van der Waals surface area contributed by atoms with Crippen LogP contribution < -0.4 is 5.32 Å². The molecular formula is C20H22ClN3O5S. The number of nitrogens with one attached hydrogen (secondary N) is 1. The van der Waals surface area contributed by atoms with Crippen LogP contribution in [0.1, 0.15) is 24.0 Å². The predicted molar refractivity (Wildman–Crippen MR) is 114 cm³/mol. The van der Waals surface area contributed by atoms with E-state index < -0.39 is 14.9 Å². The number of non-ortho nitro benzene ring substituents is 1. The third kappa shape index (κ3) is 4.63. The Kier molecular flexibility index (Phi) is 6.44. The van der Waals surface area contributed by atoms with Crippen molar-refractivity contribution in [1.82, 2.24) is 4.31 Å². The number of hydrogen-bond donors (Lipinski definition) is 1. The van der Waals surface area contributed by atoms with Crippen LogP contribution in [0.15, 0.2) is 41.3 Å². The lowest BCUT2D eigenvalue weighted by Gasteiger charge is -2.30. The summed E-state index contributed by atoms with van der Waals surface area (Å²) >= 11 is 6.01. The molecule has 1 saturated heterocycles. The van der Waals surface area contributed by atoms with Crippen LogP contribution in [0, 0.1) is 29.9 Å². The van der Waals surface area contributed by atoms with Crippen LogP contribution in [0.2, 0.25) is 5.02 Å². The number of carbonyl (C=O) groups is 1. The molecule has 10 heteroatoms. The van der Waals surface area contributed by atoms with Crippen molar-refractivity contribution in [2.45, 2.75) is 31.6 Å². The second-order valence-electron chi connectivity index (χ2n) is 7.36. The summed E-state index contributed by atoms with van der Waals surface area (Å²) in [6.45, 7) is 4.11. The third-order valence-electron chi connectivity index (χ3n) is 5.22. The number of benzene rings is 2. The van der Waals surface area contributed by atoms with Gasteiger partial charge in [0.2, 0.25) is 15.9 Å².